The molecule has 0 aliphatic rings. The van der Waals surface area contributed by atoms with E-state index in [-0.39, 0.29) is 5.91 Å². The quantitative estimate of drug-likeness (QED) is 0.811. The Balaban J connectivity index is 3.12. The van der Waals surface area contributed by atoms with E-state index in [9.17, 15) is 4.79 Å². The molecule has 1 aromatic carbocycles. The highest BCUT2D eigenvalue weighted by Gasteiger charge is 2.18. The van der Waals surface area contributed by atoms with Gasteiger partial charge in [0.2, 0.25) is 0 Å². The van der Waals surface area contributed by atoms with Crippen molar-refractivity contribution in [2.45, 2.75) is 13.8 Å². The fourth-order valence-electron chi connectivity index (χ4n) is 1.57. The number of halogens is 1. The van der Waals surface area contributed by atoms with Crippen molar-refractivity contribution in [2.24, 2.45) is 0 Å². The minimum atomic E-state index is -0.0515. The van der Waals surface area contributed by atoms with Crippen molar-refractivity contribution in [1.82, 2.24) is 4.90 Å². The van der Waals surface area contributed by atoms with Gasteiger partial charge in [0.1, 0.15) is 5.75 Å². The van der Waals surface area contributed by atoms with E-state index in [0.717, 1.165) is 0 Å². The van der Waals surface area contributed by atoms with Crippen LogP contribution < -0.4 is 4.74 Å². The molecule has 0 saturated carbocycles. The van der Waals surface area contributed by atoms with E-state index in [2.05, 4.69) is 0 Å². The molecule has 0 spiro atoms. The molecule has 1 rings (SSSR count). The van der Waals surface area contributed by atoms with Gasteiger partial charge in [-0.15, -0.1) is 0 Å². The first-order valence-electron chi connectivity index (χ1n) is 5.27. The van der Waals surface area contributed by atoms with Gasteiger partial charge in [0.25, 0.3) is 5.91 Å². The number of amides is 1. The van der Waals surface area contributed by atoms with E-state index in [1.54, 1.807) is 23.1 Å². The van der Waals surface area contributed by atoms with Gasteiger partial charge in [-0.05, 0) is 26.0 Å². The van der Waals surface area contributed by atoms with E-state index in [1.807, 2.05) is 13.8 Å². The zero-order valence-corrected chi connectivity index (χ0v) is 10.5. The third kappa shape index (κ3) is 2.47. The molecule has 0 atom stereocenters. The zero-order valence-electron chi connectivity index (χ0n) is 9.79. The van der Waals surface area contributed by atoms with Crippen molar-refractivity contribution < 1.29 is 9.53 Å². The van der Waals surface area contributed by atoms with Gasteiger partial charge in [-0.2, -0.15) is 0 Å². The molecule has 0 bridgehead atoms. The molecule has 0 aliphatic carbocycles. The molecule has 1 aromatic rings. The largest absolute Gasteiger partial charge is 0.494 e. The van der Waals surface area contributed by atoms with Crippen LogP contribution in [0.1, 0.15) is 24.2 Å². The number of carbonyl (C=O) groups excluding carboxylic acids is 1. The highest BCUT2D eigenvalue weighted by molar-refractivity contribution is 6.32. The van der Waals surface area contributed by atoms with E-state index >= 15 is 0 Å². The number of benzene rings is 1. The predicted molar refractivity (Wildman–Crippen MR) is 65.3 cm³/mol. The summed E-state index contributed by atoms with van der Waals surface area (Å²) in [6, 6.07) is 5.19. The number of nitrogens with zero attached hydrogens (tertiary/aromatic N) is 1. The van der Waals surface area contributed by atoms with E-state index in [0.29, 0.717) is 29.4 Å². The number of ether oxygens (including phenoxy) is 1. The lowest BCUT2D eigenvalue weighted by Gasteiger charge is -2.20. The number of methoxy groups -OCH3 is 1. The Bertz CT molecular complexity index is 375. The molecule has 1 amide bonds. The van der Waals surface area contributed by atoms with Gasteiger partial charge in [0, 0.05) is 13.1 Å². The Labute approximate surface area is 101 Å². The number of para-hydroxylation sites is 1. The smallest absolute Gasteiger partial charge is 0.257 e. The van der Waals surface area contributed by atoms with Gasteiger partial charge >= 0.3 is 0 Å². The Morgan fingerprint density at radius 3 is 2.50 bits per heavy atom. The van der Waals surface area contributed by atoms with E-state index < -0.39 is 0 Å². The molecule has 88 valence electrons. The van der Waals surface area contributed by atoms with Crippen LogP contribution in [0, 0.1) is 0 Å². The van der Waals surface area contributed by atoms with Gasteiger partial charge in [0.15, 0.2) is 0 Å². The summed E-state index contributed by atoms with van der Waals surface area (Å²) in [5, 5.41) is 0.459. The fourth-order valence-corrected chi connectivity index (χ4v) is 1.82. The lowest BCUT2D eigenvalue weighted by Crippen LogP contribution is -2.30. The Morgan fingerprint density at radius 2 is 2.00 bits per heavy atom. The number of hydrogen-bond acceptors (Lipinski definition) is 2. The first-order chi connectivity index (χ1) is 7.65. The molecule has 0 unspecified atom stereocenters. The molecule has 0 N–H and O–H groups in total. The highest BCUT2D eigenvalue weighted by Crippen LogP contribution is 2.29. The summed E-state index contributed by atoms with van der Waals surface area (Å²) in [7, 11) is 1.51. The molecule has 0 saturated heterocycles. The predicted octanol–water partition coefficient (Wildman–Crippen LogP) is 2.83. The van der Waals surface area contributed by atoms with Crippen LogP contribution >= 0.6 is 11.6 Å². The molecule has 4 heteroatoms. The second kappa shape index (κ2) is 5.75. The SMILES string of the molecule is CCN(CC)C(=O)c1cccc(Cl)c1OC. The van der Waals surface area contributed by atoms with Crippen LogP contribution in [0.5, 0.6) is 5.75 Å². The van der Waals surface area contributed by atoms with Crippen LogP contribution in [0.15, 0.2) is 18.2 Å². The molecule has 0 aliphatic heterocycles. The van der Waals surface area contributed by atoms with Gasteiger partial charge in [-0.25, -0.2) is 0 Å². The van der Waals surface area contributed by atoms with Crippen molar-refractivity contribution in [1.29, 1.82) is 0 Å². The molecule has 3 nitrogen and oxygen atoms in total. The van der Waals surface area contributed by atoms with Gasteiger partial charge in [-0.3, -0.25) is 4.79 Å². The van der Waals surface area contributed by atoms with Gasteiger partial charge in [-0.1, -0.05) is 17.7 Å². The molecule has 0 heterocycles. The number of rotatable bonds is 4. The minimum Gasteiger partial charge on any atom is -0.494 e. The van der Waals surface area contributed by atoms with E-state index in [4.69, 9.17) is 16.3 Å². The normalized spacial score (nSPS) is 10.0. The van der Waals surface area contributed by atoms with Crippen LogP contribution in [-0.4, -0.2) is 31.0 Å². The first kappa shape index (κ1) is 12.8. The van der Waals surface area contributed by atoms with Crippen LogP contribution in [-0.2, 0) is 0 Å². The molecule has 0 fully saturated rings. The third-order valence-corrected chi connectivity index (χ3v) is 2.75. The van der Waals surface area contributed by atoms with Crippen molar-refractivity contribution in [3.8, 4) is 5.75 Å². The van der Waals surface area contributed by atoms with Crippen LogP contribution in [0.2, 0.25) is 5.02 Å². The zero-order chi connectivity index (χ0) is 12.1. The van der Waals surface area contributed by atoms with E-state index in [1.165, 1.54) is 7.11 Å². The topological polar surface area (TPSA) is 29.5 Å². The first-order valence-corrected chi connectivity index (χ1v) is 5.65. The van der Waals surface area contributed by atoms with Crippen molar-refractivity contribution in [3.05, 3.63) is 28.8 Å². The molecule has 16 heavy (non-hydrogen) atoms. The summed E-state index contributed by atoms with van der Waals surface area (Å²) in [5.41, 5.74) is 0.513. The average Bonchev–Trinajstić information content (AvgIpc) is 2.30. The monoisotopic (exact) mass is 241 g/mol. The average molecular weight is 242 g/mol. The summed E-state index contributed by atoms with van der Waals surface area (Å²) in [6.07, 6.45) is 0. The standard InChI is InChI=1S/C12H16ClNO2/c1-4-14(5-2)12(15)9-7-6-8-10(13)11(9)16-3/h6-8H,4-5H2,1-3H3. The summed E-state index contributed by atoms with van der Waals surface area (Å²) in [5.74, 6) is 0.394. The lowest BCUT2D eigenvalue weighted by molar-refractivity contribution is 0.0769. The van der Waals surface area contributed by atoms with Crippen molar-refractivity contribution in [3.63, 3.8) is 0 Å². The maximum atomic E-state index is 12.1. The summed E-state index contributed by atoms with van der Waals surface area (Å²) in [4.78, 5) is 13.9. The molecule has 0 radical (unpaired) electrons. The van der Waals surface area contributed by atoms with Crippen molar-refractivity contribution >= 4 is 17.5 Å². The highest BCUT2D eigenvalue weighted by atomic mass is 35.5. The molecule has 0 aromatic heterocycles. The summed E-state index contributed by atoms with van der Waals surface area (Å²) < 4.78 is 5.16. The Kier molecular flexibility index (Phi) is 4.62. The van der Waals surface area contributed by atoms with Crippen LogP contribution in [0.25, 0.3) is 0 Å². The van der Waals surface area contributed by atoms with Crippen molar-refractivity contribution in [2.75, 3.05) is 20.2 Å². The molecular formula is C12H16ClNO2. The van der Waals surface area contributed by atoms with Crippen LogP contribution in [0.4, 0.5) is 0 Å². The number of carbonyl (C=O) groups is 1. The maximum Gasteiger partial charge on any atom is 0.257 e. The minimum absolute atomic E-state index is 0.0515. The van der Waals surface area contributed by atoms with Gasteiger partial charge in [0.05, 0.1) is 17.7 Å². The lowest BCUT2D eigenvalue weighted by atomic mass is 10.1. The maximum absolute atomic E-state index is 12.1. The molecular weight excluding hydrogens is 226 g/mol. The Hall–Kier alpha value is -1.22. The second-order valence-corrected chi connectivity index (χ2v) is 3.71. The van der Waals surface area contributed by atoms with Gasteiger partial charge < -0.3 is 9.64 Å². The summed E-state index contributed by atoms with van der Waals surface area (Å²) in [6.45, 7) is 5.23. The van der Waals surface area contributed by atoms with Crippen LogP contribution in [0.3, 0.4) is 0 Å². The Morgan fingerprint density at radius 1 is 1.38 bits per heavy atom. The fraction of sp³-hybridized carbons (Fsp3) is 0.417. The summed E-state index contributed by atoms with van der Waals surface area (Å²) >= 11 is 5.97. The second-order valence-electron chi connectivity index (χ2n) is 3.30. The third-order valence-electron chi connectivity index (χ3n) is 2.45. The number of hydrogen-bond donors (Lipinski definition) is 0.